The number of hydrogen-bond donors (Lipinski definition) is 0. The van der Waals surface area contributed by atoms with E-state index in [2.05, 4.69) is 22.9 Å². The second-order valence-corrected chi connectivity index (χ2v) is 9.84. The molecule has 0 radical (unpaired) electrons. The summed E-state index contributed by atoms with van der Waals surface area (Å²) in [5, 5.41) is 0.978. The fourth-order valence-corrected chi connectivity index (χ4v) is 4.98. The van der Waals surface area contributed by atoms with Crippen LogP contribution in [0.2, 0.25) is 5.02 Å². The van der Waals surface area contributed by atoms with Crippen molar-refractivity contribution in [3.05, 3.63) is 109 Å². The summed E-state index contributed by atoms with van der Waals surface area (Å²) in [6.45, 7) is 2.94. The summed E-state index contributed by atoms with van der Waals surface area (Å²) in [6, 6.07) is 19.5. The van der Waals surface area contributed by atoms with Gasteiger partial charge in [-0.3, -0.25) is 9.59 Å². The molecule has 35 heavy (non-hydrogen) atoms. The molecule has 3 aromatic carbocycles. The fraction of sp³-hybridized carbons (Fsp3) is 0.214. The monoisotopic (exact) mass is 551 g/mol. The van der Waals surface area contributed by atoms with Crippen molar-refractivity contribution >= 4 is 44.4 Å². The Hall–Kier alpha value is -3.09. The van der Waals surface area contributed by atoms with Gasteiger partial charge in [-0.15, -0.1) is 0 Å². The van der Waals surface area contributed by atoms with Gasteiger partial charge >= 0.3 is 0 Å². The zero-order valence-corrected chi connectivity index (χ0v) is 21.4. The van der Waals surface area contributed by atoms with Gasteiger partial charge in [0.05, 0.1) is 23.6 Å². The first kappa shape index (κ1) is 23.6. The quantitative estimate of drug-likeness (QED) is 0.229. The highest BCUT2D eigenvalue weighted by atomic mass is 79.9. The molecule has 0 fully saturated rings. The van der Waals surface area contributed by atoms with Crippen molar-refractivity contribution in [1.82, 2.24) is 4.90 Å². The average molecular weight is 553 g/mol. The molecule has 1 amide bonds. The van der Waals surface area contributed by atoms with Crippen LogP contribution < -0.4 is 10.2 Å². The number of amides is 1. The van der Waals surface area contributed by atoms with E-state index >= 15 is 0 Å². The molecule has 0 aliphatic carbocycles. The summed E-state index contributed by atoms with van der Waals surface area (Å²) in [5.74, 6) is 0.422. The minimum absolute atomic E-state index is 0.0687. The third-order valence-electron chi connectivity index (χ3n) is 6.17. The maximum absolute atomic E-state index is 13.7. The number of halogens is 2. The summed E-state index contributed by atoms with van der Waals surface area (Å²) in [7, 11) is 0. The minimum Gasteiger partial charge on any atom is -0.494 e. The highest BCUT2D eigenvalue weighted by Crippen LogP contribution is 2.40. The number of rotatable bonds is 7. The van der Waals surface area contributed by atoms with E-state index in [1.807, 2.05) is 42.5 Å². The Morgan fingerprint density at radius 2 is 1.89 bits per heavy atom. The minimum atomic E-state index is -0.636. The van der Waals surface area contributed by atoms with E-state index in [1.54, 1.807) is 29.2 Å². The molecule has 1 unspecified atom stereocenters. The van der Waals surface area contributed by atoms with E-state index in [-0.39, 0.29) is 23.6 Å². The number of nitrogens with zero attached hydrogens (tertiary/aromatic N) is 1. The van der Waals surface area contributed by atoms with Gasteiger partial charge in [-0.05, 0) is 53.9 Å². The molecule has 5 nitrogen and oxygen atoms in total. The Kier molecular flexibility index (Phi) is 6.67. The number of hydrogen-bond acceptors (Lipinski definition) is 4. The number of carbonyl (C=O) groups excluding carboxylic acids is 1. The highest BCUT2D eigenvalue weighted by molar-refractivity contribution is 9.10. The van der Waals surface area contributed by atoms with Gasteiger partial charge in [0, 0.05) is 16.0 Å². The SMILES string of the molecule is CCCCOc1cccc(C2c3c(oc4ccc(Br)cc4c3=O)C(=O)N2Cc2ccccc2Cl)c1. The standard InChI is InChI=1S/C28H23BrClNO4/c1-2-3-13-34-20-9-6-8-17(14-20)25-24-26(32)21-15-19(29)11-12-23(21)35-27(24)28(33)31(25)16-18-7-4-5-10-22(18)30/h4-12,14-15,25H,2-3,13,16H2,1H3. The van der Waals surface area contributed by atoms with Crippen LogP contribution in [0.3, 0.4) is 0 Å². The van der Waals surface area contributed by atoms with Crippen molar-refractivity contribution in [3.8, 4) is 5.75 Å². The van der Waals surface area contributed by atoms with Crippen molar-refractivity contribution < 1.29 is 13.9 Å². The van der Waals surface area contributed by atoms with E-state index in [4.69, 9.17) is 20.8 Å². The van der Waals surface area contributed by atoms with E-state index in [0.717, 1.165) is 28.4 Å². The molecule has 2 heterocycles. The van der Waals surface area contributed by atoms with Gasteiger partial charge in [-0.2, -0.15) is 0 Å². The van der Waals surface area contributed by atoms with Gasteiger partial charge < -0.3 is 14.1 Å². The first-order valence-electron chi connectivity index (χ1n) is 11.5. The lowest BCUT2D eigenvalue weighted by atomic mass is 9.98. The summed E-state index contributed by atoms with van der Waals surface area (Å²) < 4.78 is 12.7. The first-order chi connectivity index (χ1) is 17.0. The summed E-state index contributed by atoms with van der Waals surface area (Å²) in [5.41, 5.74) is 2.05. The van der Waals surface area contributed by atoms with Gasteiger partial charge in [0.1, 0.15) is 11.3 Å². The van der Waals surface area contributed by atoms with Crippen molar-refractivity contribution in [3.63, 3.8) is 0 Å². The molecule has 0 saturated heterocycles. The van der Waals surface area contributed by atoms with E-state index in [1.165, 1.54) is 0 Å². The predicted molar refractivity (Wildman–Crippen MR) is 140 cm³/mol. The van der Waals surface area contributed by atoms with Crippen molar-refractivity contribution in [1.29, 1.82) is 0 Å². The second-order valence-electron chi connectivity index (χ2n) is 8.52. The molecule has 1 aliphatic heterocycles. The molecule has 1 aromatic heterocycles. The number of carbonyl (C=O) groups is 1. The van der Waals surface area contributed by atoms with Crippen LogP contribution in [-0.2, 0) is 6.54 Å². The van der Waals surface area contributed by atoms with Crippen LogP contribution in [0.25, 0.3) is 11.0 Å². The Labute approximate surface area is 216 Å². The molecule has 7 heteroatoms. The summed E-state index contributed by atoms with van der Waals surface area (Å²) in [4.78, 5) is 29.1. The number of ether oxygens (including phenoxy) is 1. The summed E-state index contributed by atoms with van der Waals surface area (Å²) >= 11 is 9.87. The zero-order valence-electron chi connectivity index (χ0n) is 19.1. The molecule has 4 aromatic rings. The highest BCUT2D eigenvalue weighted by Gasteiger charge is 2.43. The topological polar surface area (TPSA) is 59.8 Å². The van der Waals surface area contributed by atoms with Crippen LogP contribution in [0.5, 0.6) is 5.75 Å². The van der Waals surface area contributed by atoms with Crippen LogP contribution in [0.15, 0.2) is 80.4 Å². The molecular formula is C28H23BrClNO4. The predicted octanol–water partition coefficient (Wildman–Crippen LogP) is 7.13. The van der Waals surface area contributed by atoms with Crippen molar-refractivity contribution in [2.45, 2.75) is 32.4 Å². The maximum atomic E-state index is 13.7. The largest absolute Gasteiger partial charge is 0.494 e. The van der Waals surface area contributed by atoms with Gasteiger partial charge in [0.25, 0.3) is 5.91 Å². The zero-order chi connectivity index (χ0) is 24.5. The Bertz CT molecular complexity index is 1480. The van der Waals surface area contributed by atoms with Crippen LogP contribution in [0.4, 0.5) is 0 Å². The molecule has 0 saturated carbocycles. The van der Waals surface area contributed by atoms with Gasteiger partial charge in [0.2, 0.25) is 5.76 Å². The Morgan fingerprint density at radius 1 is 1.06 bits per heavy atom. The Morgan fingerprint density at radius 3 is 2.69 bits per heavy atom. The molecule has 5 rings (SSSR count). The molecular weight excluding hydrogens is 530 g/mol. The lowest BCUT2D eigenvalue weighted by Crippen LogP contribution is -2.29. The van der Waals surface area contributed by atoms with Crippen LogP contribution >= 0.6 is 27.5 Å². The van der Waals surface area contributed by atoms with Crippen molar-refractivity contribution in [2.75, 3.05) is 6.61 Å². The number of unbranched alkanes of at least 4 members (excludes halogenated alkanes) is 1. The average Bonchev–Trinajstić information content (AvgIpc) is 3.13. The van der Waals surface area contributed by atoms with E-state index in [9.17, 15) is 9.59 Å². The lowest BCUT2D eigenvalue weighted by Gasteiger charge is -2.26. The molecule has 0 N–H and O–H groups in total. The smallest absolute Gasteiger partial charge is 0.291 e. The van der Waals surface area contributed by atoms with E-state index in [0.29, 0.717) is 33.9 Å². The maximum Gasteiger partial charge on any atom is 0.291 e. The molecule has 0 spiro atoms. The van der Waals surface area contributed by atoms with Crippen LogP contribution in [-0.4, -0.2) is 17.4 Å². The van der Waals surface area contributed by atoms with Gasteiger partial charge in [0.15, 0.2) is 5.43 Å². The lowest BCUT2D eigenvalue weighted by molar-refractivity contribution is 0.0714. The van der Waals surface area contributed by atoms with Crippen molar-refractivity contribution in [2.24, 2.45) is 0 Å². The molecule has 0 bridgehead atoms. The van der Waals surface area contributed by atoms with Crippen LogP contribution in [0, 0.1) is 0 Å². The van der Waals surface area contributed by atoms with Gasteiger partial charge in [-0.1, -0.05) is 71.2 Å². The van der Waals surface area contributed by atoms with Gasteiger partial charge in [-0.25, -0.2) is 0 Å². The number of benzene rings is 3. The molecule has 178 valence electrons. The van der Waals surface area contributed by atoms with Crippen LogP contribution in [0.1, 0.15) is 53.1 Å². The third kappa shape index (κ3) is 4.48. The number of fused-ring (bicyclic) bond motifs is 2. The third-order valence-corrected chi connectivity index (χ3v) is 7.03. The van der Waals surface area contributed by atoms with E-state index < -0.39 is 6.04 Å². The first-order valence-corrected chi connectivity index (χ1v) is 12.7. The second kappa shape index (κ2) is 9.88. The fourth-order valence-electron chi connectivity index (χ4n) is 4.42. The normalized spacial score (nSPS) is 15.0. The molecule has 1 atom stereocenters. The summed E-state index contributed by atoms with van der Waals surface area (Å²) in [6.07, 6.45) is 1.97. The Balaban J connectivity index is 1.67. The molecule has 1 aliphatic rings.